The Morgan fingerprint density at radius 3 is 2.86 bits per heavy atom. The molecule has 1 fully saturated rings. The van der Waals surface area contributed by atoms with Crippen molar-refractivity contribution in [2.75, 3.05) is 19.8 Å². The Bertz CT molecular complexity index is 625. The van der Waals surface area contributed by atoms with Crippen LogP contribution >= 0.6 is 10.7 Å². The van der Waals surface area contributed by atoms with Gasteiger partial charge >= 0.3 is 0 Å². The van der Waals surface area contributed by atoms with Gasteiger partial charge in [0.15, 0.2) is 0 Å². The summed E-state index contributed by atoms with van der Waals surface area (Å²) in [5.41, 5.74) is 0.144. The summed E-state index contributed by atoms with van der Waals surface area (Å²) in [7, 11) is 1.41. The van der Waals surface area contributed by atoms with Crippen molar-refractivity contribution in [3.05, 3.63) is 23.8 Å². The molecule has 8 heteroatoms. The summed E-state index contributed by atoms with van der Waals surface area (Å²) in [6.07, 6.45) is 0.725. The number of nitrogens with one attached hydrogen (secondary N) is 1. The minimum atomic E-state index is -3.91. The molecule has 6 nitrogen and oxygen atoms in total. The molecular formula is C13H16ClNO5S. The molecule has 1 saturated heterocycles. The summed E-state index contributed by atoms with van der Waals surface area (Å²) in [5.74, 6) is -0.0888. The molecule has 1 aliphatic rings. The maximum absolute atomic E-state index is 12.3. The van der Waals surface area contributed by atoms with Crippen LogP contribution in [0.2, 0.25) is 0 Å². The molecule has 0 radical (unpaired) electrons. The lowest BCUT2D eigenvalue weighted by molar-refractivity contribution is 0.0926. The van der Waals surface area contributed by atoms with Crippen LogP contribution in [0.1, 0.15) is 23.7 Å². The van der Waals surface area contributed by atoms with E-state index < -0.39 is 15.0 Å². The maximum atomic E-state index is 12.3. The molecule has 1 amide bonds. The molecule has 1 N–H and O–H groups in total. The molecule has 2 rings (SSSR count). The zero-order chi connectivity index (χ0) is 15.5. The topological polar surface area (TPSA) is 81.7 Å². The molecule has 1 atom stereocenters. The van der Waals surface area contributed by atoms with Crippen molar-refractivity contribution < 1.29 is 22.7 Å². The van der Waals surface area contributed by atoms with Gasteiger partial charge in [0.2, 0.25) is 0 Å². The van der Waals surface area contributed by atoms with Gasteiger partial charge in [-0.2, -0.15) is 0 Å². The molecular weight excluding hydrogens is 318 g/mol. The van der Waals surface area contributed by atoms with Crippen LogP contribution < -0.4 is 10.1 Å². The number of hydrogen-bond donors (Lipinski definition) is 1. The molecule has 0 spiro atoms. The van der Waals surface area contributed by atoms with Gasteiger partial charge in [0.25, 0.3) is 15.0 Å². The normalized spacial score (nSPS) is 18.5. The van der Waals surface area contributed by atoms with Crippen LogP contribution in [0.15, 0.2) is 23.1 Å². The molecule has 1 unspecified atom stereocenters. The molecule has 21 heavy (non-hydrogen) atoms. The second kappa shape index (κ2) is 6.64. The van der Waals surface area contributed by atoms with E-state index in [0.29, 0.717) is 25.6 Å². The van der Waals surface area contributed by atoms with Gasteiger partial charge in [0, 0.05) is 17.3 Å². The Hall–Kier alpha value is -1.31. The maximum Gasteiger partial charge on any atom is 0.261 e. The van der Waals surface area contributed by atoms with Crippen molar-refractivity contribution in [3.63, 3.8) is 0 Å². The molecule has 1 aromatic rings. The van der Waals surface area contributed by atoms with Crippen molar-refractivity contribution >= 4 is 25.6 Å². The largest absolute Gasteiger partial charge is 0.493 e. The van der Waals surface area contributed by atoms with Gasteiger partial charge in [-0.1, -0.05) is 0 Å². The highest BCUT2D eigenvalue weighted by Gasteiger charge is 2.22. The first kappa shape index (κ1) is 16.1. The van der Waals surface area contributed by atoms with Gasteiger partial charge < -0.3 is 14.8 Å². The second-order valence-electron chi connectivity index (χ2n) is 4.56. The first-order valence-electron chi connectivity index (χ1n) is 6.52. The summed E-state index contributed by atoms with van der Waals surface area (Å²) in [6.45, 7) is 3.18. The Kier molecular flexibility index (Phi) is 5.08. The van der Waals surface area contributed by atoms with Gasteiger partial charge in [-0.15, -0.1) is 0 Å². The Morgan fingerprint density at radius 1 is 1.52 bits per heavy atom. The molecule has 1 aromatic carbocycles. The average Bonchev–Trinajstić information content (AvgIpc) is 2.91. The lowest BCUT2D eigenvalue weighted by Crippen LogP contribution is -2.35. The minimum absolute atomic E-state index is 0.0803. The van der Waals surface area contributed by atoms with Crippen molar-refractivity contribution in [2.45, 2.75) is 24.3 Å². The predicted molar refractivity (Wildman–Crippen MR) is 77.3 cm³/mol. The van der Waals surface area contributed by atoms with E-state index in [1.807, 2.05) is 0 Å². The number of carbonyl (C=O) groups excluding carboxylic acids is 1. The highest BCUT2D eigenvalue weighted by atomic mass is 35.7. The molecule has 116 valence electrons. The van der Waals surface area contributed by atoms with Gasteiger partial charge in [-0.25, -0.2) is 8.42 Å². The number of benzene rings is 1. The van der Waals surface area contributed by atoms with E-state index in [0.717, 1.165) is 6.42 Å². The number of halogens is 1. The number of ether oxygens (including phenoxy) is 2. The third-order valence-electron chi connectivity index (χ3n) is 3.04. The number of amides is 1. The summed E-state index contributed by atoms with van der Waals surface area (Å²) >= 11 is 0. The summed E-state index contributed by atoms with van der Waals surface area (Å²) in [4.78, 5) is 12.2. The Labute approximate surface area is 127 Å². The SMILES string of the molecule is CCOc1ccc(S(=O)(=O)Cl)cc1C(=O)NC1CCOC1. The second-order valence-corrected chi connectivity index (χ2v) is 7.13. The average molecular weight is 334 g/mol. The van der Waals surface area contributed by atoms with E-state index in [2.05, 4.69) is 5.32 Å². The quantitative estimate of drug-likeness (QED) is 0.826. The van der Waals surface area contributed by atoms with Gasteiger partial charge in [-0.05, 0) is 31.5 Å². The minimum Gasteiger partial charge on any atom is -0.493 e. The molecule has 0 saturated carbocycles. The van der Waals surface area contributed by atoms with Crippen molar-refractivity contribution in [1.29, 1.82) is 0 Å². The van der Waals surface area contributed by atoms with Crippen LogP contribution in [0.3, 0.4) is 0 Å². The van der Waals surface area contributed by atoms with E-state index in [9.17, 15) is 13.2 Å². The fraction of sp³-hybridized carbons (Fsp3) is 0.462. The van der Waals surface area contributed by atoms with Crippen LogP contribution in [-0.4, -0.2) is 40.2 Å². The lowest BCUT2D eigenvalue weighted by Gasteiger charge is -2.14. The van der Waals surface area contributed by atoms with Crippen LogP contribution in [0.4, 0.5) is 0 Å². The third kappa shape index (κ3) is 4.09. The number of carbonyl (C=O) groups is 1. The molecule has 1 aliphatic heterocycles. The molecule has 1 heterocycles. The Balaban J connectivity index is 2.30. The zero-order valence-corrected chi connectivity index (χ0v) is 13.0. The van der Waals surface area contributed by atoms with Gasteiger partial charge in [0.1, 0.15) is 5.75 Å². The number of rotatable bonds is 5. The first-order valence-corrected chi connectivity index (χ1v) is 8.83. The van der Waals surface area contributed by atoms with Gasteiger partial charge in [0.05, 0.1) is 29.7 Å². The highest BCUT2D eigenvalue weighted by Crippen LogP contribution is 2.25. The molecule has 0 bridgehead atoms. The van der Waals surface area contributed by atoms with Crippen LogP contribution in [0.25, 0.3) is 0 Å². The van der Waals surface area contributed by atoms with Crippen LogP contribution in [-0.2, 0) is 13.8 Å². The van der Waals surface area contributed by atoms with Crippen molar-refractivity contribution in [1.82, 2.24) is 5.32 Å². The molecule has 0 aromatic heterocycles. The summed E-state index contributed by atoms with van der Waals surface area (Å²) in [5, 5.41) is 2.79. The summed E-state index contributed by atoms with van der Waals surface area (Å²) < 4.78 is 33.3. The smallest absolute Gasteiger partial charge is 0.261 e. The third-order valence-corrected chi connectivity index (χ3v) is 4.39. The first-order chi connectivity index (χ1) is 9.91. The van der Waals surface area contributed by atoms with Crippen molar-refractivity contribution in [2.24, 2.45) is 0 Å². The van der Waals surface area contributed by atoms with E-state index in [-0.39, 0.29) is 16.5 Å². The monoisotopic (exact) mass is 333 g/mol. The van der Waals surface area contributed by atoms with Crippen LogP contribution in [0.5, 0.6) is 5.75 Å². The van der Waals surface area contributed by atoms with Crippen LogP contribution in [0, 0.1) is 0 Å². The fourth-order valence-corrected chi connectivity index (χ4v) is 2.81. The standard InChI is InChI=1S/C13H16ClNO5S/c1-2-20-12-4-3-10(21(14,17)18)7-11(12)13(16)15-9-5-6-19-8-9/h3-4,7,9H,2,5-6,8H2,1H3,(H,15,16). The van der Waals surface area contributed by atoms with E-state index >= 15 is 0 Å². The highest BCUT2D eigenvalue weighted by molar-refractivity contribution is 8.13. The van der Waals surface area contributed by atoms with Gasteiger partial charge in [-0.3, -0.25) is 4.79 Å². The van der Waals surface area contributed by atoms with E-state index in [1.165, 1.54) is 18.2 Å². The number of hydrogen-bond acceptors (Lipinski definition) is 5. The zero-order valence-electron chi connectivity index (χ0n) is 11.5. The predicted octanol–water partition coefficient (Wildman–Crippen LogP) is 1.53. The van der Waals surface area contributed by atoms with E-state index in [4.69, 9.17) is 20.2 Å². The molecule has 0 aliphatic carbocycles. The van der Waals surface area contributed by atoms with Crippen molar-refractivity contribution in [3.8, 4) is 5.75 Å². The lowest BCUT2D eigenvalue weighted by atomic mass is 10.1. The Morgan fingerprint density at radius 2 is 2.29 bits per heavy atom. The summed E-state index contributed by atoms with van der Waals surface area (Å²) in [6, 6.07) is 3.88. The fourth-order valence-electron chi connectivity index (χ4n) is 2.03. The van der Waals surface area contributed by atoms with E-state index in [1.54, 1.807) is 6.92 Å².